The summed E-state index contributed by atoms with van der Waals surface area (Å²) in [6.07, 6.45) is 3.29. The summed E-state index contributed by atoms with van der Waals surface area (Å²) >= 11 is 9.16. The van der Waals surface area contributed by atoms with E-state index in [1.807, 2.05) is 12.3 Å². The fourth-order valence-electron chi connectivity index (χ4n) is 5.99. The Bertz CT molecular complexity index is 1660. The molecule has 10 nitrogen and oxygen atoms in total. The third kappa shape index (κ3) is 3.77. The number of thiazole rings is 1. The molecule has 0 radical (unpaired) electrons. The molecule has 0 unspecified atom stereocenters. The van der Waals surface area contributed by atoms with E-state index < -0.39 is 0 Å². The van der Waals surface area contributed by atoms with E-state index in [1.165, 1.54) is 16.7 Å². The van der Waals surface area contributed by atoms with Gasteiger partial charge in [0.2, 0.25) is 0 Å². The minimum atomic E-state index is -0.379. The average molecular weight is 591 g/mol. The molecule has 7 rings (SSSR count). The van der Waals surface area contributed by atoms with Crippen LogP contribution in [-0.2, 0) is 5.41 Å². The van der Waals surface area contributed by atoms with Crippen molar-refractivity contribution in [3.8, 4) is 0 Å². The van der Waals surface area contributed by atoms with Crippen molar-refractivity contribution in [3.05, 3.63) is 75.0 Å². The summed E-state index contributed by atoms with van der Waals surface area (Å²) in [5.74, 6) is 1.15. The van der Waals surface area contributed by atoms with E-state index in [1.54, 1.807) is 54.1 Å². The summed E-state index contributed by atoms with van der Waals surface area (Å²) < 4.78 is 0. The molecule has 3 aliphatic rings. The monoisotopic (exact) mass is 590 g/mol. The van der Waals surface area contributed by atoms with E-state index in [9.17, 15) is 9.59 Å². The Morgan fingerprint density at radius 3 is 2.38 bits per heavy atom. The number of pyridine rings is 1. The number of nitrogen functional groups attached to an aromatic ring is 2. The highest BCUT2D eigenvalue weighted by molar-refractivity contribution is 7.99. The zero-order chi connectivity index (χ0) is 27.8. The van der Waals surface area contributed by atoms with Crippen molar-refractivity contribution in [1.29, 1.82) is 0 Å². The highest BCUT2D eigenvalue weighted by atomic mass is 35.5. The molecule has 1 saturated heterocycles. The Hall–Kier alpha value is -3.74. The number of hydrogen-bond acceptors (Lipinski definition) is 11. The van der Waals surface area contributed by atoms with Crippen molar-refractivity contribution < 1.29 is 9.59 Å². The summed E-state index contributed by atoms with van der Waals surface area (Å²) in [6, 6.07) is 8.76. The summed E-state index contributed by atoms with van der Waals surface area (Å²) in [6.45, 7) is 3.67. The fraction of sp³-hybridized carbons (Fsp3) is 0.259. The number of benzene rings is 1. The molecule has 2 aliphatic heterocycles. The second-order valence-corrected chi connectivity index (χ2v) is 12.5. The molecular formula is C27H23ClN8O2S2. The highest BCUT2D eigenvalue weighted by Gasteiger charge is 2.71. The molecular weight excluding hydrogens is 568 g/mol. The highest BCUT2D eigenvalue weighted by Crippen LogP contribution is 2.65. The quantitative estimate of drug-likeness (QED) is 0.317. The molecule has 5 heterocycles. The number of imide groups is 1. The molecule has 0 bridgehead atoms. The minimum absolute atomic E-state index is 0.207. The van der Waals surface area contributed by atoms with Crippen LogP contribution in [-0.4, -0.2) is 56.3 Å². The molecule has 2 fully saturated rings. The molecule has 202 valence electrons. The molecule has 4 N–H and O–H groups in total. The Morgan fingerprint density at radius 2 is 1.75 bits per heavy atom. The normalized spacial score (nSPS) is 23.1. The van der Waals surface area contributed by atoms with Gasteiger partial charge in [-0.1, -0.05) is 35.5 Å². The second kappa shape index (κ2) is 9.15. The summed E-state index contributed by atoms with van der Waals surface area (Å²) in [7, 11) is 0. The Balaban J connectivity index is 1.12. The van der Waals surface area contributed by atoms with Crippen LogP contribution in [0.1, 0.15) is 31.4 Å². The largest absolute Gasteiger partial charge is 0.382 e. The predicted octanol–water partition coefficient (Wildman–Crippen LogP) is 3.91. The molecule has 1 aliphatic carbocycles. The van der Waals surface area contributed by atoms with E-state index >= 15 is 0 Å². The van der Waals surface area contributed by atoms with Gasteiger partial charge in [0.05, 0.1) is 27.8 Å². The van der Waals surface area contributed by atoms with E-state index in [4.69, 9.17) is 28.1 Å². The number of carbonyl (C=O) groups is 2. The van der Waals surface area contributed by atoms with Crippen LogP contribution in [0.15, 0.2) is 58.0 Å². The molecule has 1 saturated carbocycles. The van der Waals surface area contributed by atoms with Crippen molar-refractivity contribution in [2.45, 2.75) is 22.3 Å². The topological polar surface area (TPSA) is 144 Å². The third-order valence-corrected chi connectivity index (χ3v) is 10.7. The van der Waals surface area contributed by atoms with Gasteiger partial charge in [-0.2, -0.15) is 0 Å². The van der Waals surface area contributed by atoms with Crippen LogP contribution in [0.25, 0.3) is 0 Å². The van der Waals surface area contributed by atoms with Crippen molar-refractivity contribution >= 4 is 64.0 Å². The zero-order valence-corrected chi connectivity index (χ0v) is 23.6. The maximum absolute atomic E-state index is 13.2. The van der Waals surface area contributed by atoms with Crippen molar-refractivity contribution in [3.63, 3.8) is 0 Å². The van der Waals surface area contributed by atoms with Crippen LogP contribution >= 0.6 is 34.7 Å². The number of aryl methyl sites for hydroxylation is 1. The van der Waals surface area contributed by atoms with Crippen LogP contribution < -0.4 is 16.4 Å². The van der Waals surface area contributed by atoms with Gasteiger partial charge in [-0.25, -0.2) is 19.9 Å². The van der Waals surface area contributed by atoms with Crippen LogP contribution in [0.5, 0.6) is 0 Å². The maximum Gasteiger partial charge on any atom is 0.261 e. The van der Waals surface area contributed by atoms with Gasteiger partial charge in [0, 0.05) is 41.8 Å². The lowest BCUT2D eigenvalue weighted by atomic mass is 9.99. The third-order valence-electron chi connectivity index (χ3n) is 8.01. The molecule has 40 heavy (non-hydrogen) atoms. The van der Waals surface area contributed by atoms with E-state index in [0.717, 1.165) is 10.7 Å². The number of rotatable bonds is 6. The summed E-state index contributed by atoms with van der Waals surface area (Å²) in [4.78, 5) is 48.7. The van der Waals surface area contributed by atoms with Crippen LogP contribution in [0, 0.1) is 18.8 Å². The summed E-state index contributed by atoms with van der Waals surface area (Å²) in [5.41, 5.74) is 13.6. The van der Waals surface area contributed by atoms with Crippen molar-refractivity contribution in [2.24, 2.45) is 11.8 Å². The first-order valence-corrected chi connectivity index (χ1v) is 14.7. The lowest BCUT2D eigenvalue weighted by Crippen LogP contribution is -2.42. The minimum Gasteiger partial charge on any atom is -0.382 e. The van der Waals surface area contributed by atoms with Crippen molar-refractivity contribution in [1.82, 2.24) is 24.8 Å². The number of halogens is 1. The maximum atomic E-state index is 13.2. The number of anilines is 3. The SMILES string of the molecule is Cc1csc([C@]2(CN3C(=O)c4ccccc4C3=O)[C@@H]3CN(c4cnc(Sc5ccnc(N)c5Cl)c(N)n4)C[C@@H]32)n1. The van der Waals surface area contributed by atoms with Gasteiger partial charge >= 0.3 is 0 Å². The number of hydrogen-bond donors (Lipinski definition) is 2. The van der Waals surface area contributed by atoms with Gasteiger partial charge in [0.25, 0.3) is 11.8 Å². The molecule has 4 aromatic rings. The fourth-order valence-corrected chi connectivity index (χ4v) is 8.12. The first-order chi connectivity index (χ1) is 19.3. The lowest BCUT2D eigenvalue weighted by Gasteiger charge is -2.29. The van der Waals surface area contributed by atoms with E-state index in [2.05, 4.69) is 19.9 Å². The van der Waals surface area contributed by atoms with Crippen LogP contribution in [0.4, 0.5) is 17.5 Å². The molecule has 3 aromatic heterocycles. The summed E-state index contributed by atoms with van der Waals surface area (Å²) in [5, 5.41) is 3.88. The van der Waals surface area contributed by atoms with Gasteiger partial charge in [0.1, 0.15) is 21.7 Å². The molecule has 13 heteroatoms. The number of nitrogens with zero attached hydrogens (tertiary/aromatic N) is 6. The molecule has 2 amide bonds. The van der Waals surface area contributed by atoms with Gasteiger partial charge in [0.15, 0.2) is 5.82 Å². The van der Waals surface area contributed by atoms with E-state index in [-0.39, 0.29) is 34.9 Å². The van der Waals surface area contributed by atoms with Crippen molar-refractivity contribution in [2.75, 3.05) is 36.0 Å². The number of fused-ring (bicyclic) bond motifs is 2. The second-order valence-electron chi connectivity index (χ2n) is 10.2. The van der Waals surface area contributed by atoms with Crippen LogP contribution in [0.3, 0.4) is 0 Å². The Kier molecular flexibility index (Phi) is 5.77. The number of amides is 2. The zero-order valence-electron chi connectivity index (χ0n) is 21.2. The molecule has 3 atom stereocenters. The number of nitrogens with two attached hydrogens (primary N) is 2. The van der Waals surface area contributed by atoms with Gasteiger partial charge < -0.3 is 16.4 Å². The number of aromatic nitrogens is 4. The number of piperidine rings is 1. The Morgan fingerprint density at radius 1 is 1.05 bits per heavy atom. The predicted molar refractivity (Wildman–Crippen MR) is 154 cm³/mol. The molecule has 1 aromatic carbocycles. The first-order valence-electron chi connectivity index (χ1n) is 12.6. The number of carbonyl (C=O) groups excluding carboxylic acids is 2. The van der Waals surface area contributed by atoms with Gasteiger partial charge in [-0.05, 0) is 37.0 Å². The lowest BCUT2D eigenvalue weighted by molar-refractivity contribution is 0.0632. The van der Waals surface area contributed by atoms with Gasteiger partial charge in [-0.3, -0.25) is 14.5 Å². The van der Waals surface area contributed by atoms with Gasteiger partial charge in [-0.15, -0.1) is 11.3 Å². The molecule has 0 spiro atoms. The van der Waals surface area contributed by atoms with E-state index in [0.29, 0.717) is 57.3 Å². The first kappa shape index (κ1) is 25.2. The average Bonchev–Trinajstić information content (AvgIpc) is 3.34. The Labute approximate surface area is 242 Å². The van der Waals surface area contributed by atoms with Crippen LogP contribution in [0.2, 0.25) is 5.02 Å². The standard InChI is InChI=1S/C27H23ClN8O2S2/c1-13-11-39-26(33-13)27(12-36-24(37)14-4-2-3-5-15(14)25(36)38)16-9-35(10-17(16)27)19-8-32-23(22(30)34-19)40-18-6-7-31-21(29)20(18)28/h2-8,11,16-17H,9-10,12H2,1H3,(H2,29,31)(H2,30,34)/t16-,17+,27-. The smallest absolute Gasteiger partial charge is 0.261 e.